The maximum atomic E-state index is 12.4. The summed E-state index contributed by atoms with van der Waals surface area (Å²) in [7, 11) is 0. The smallest absolute Gasteiger partial charge is 0.349 e. The first-order chi connectivity index (χ1) is 14.0. The Morgan fingerprint density at radius 2 is 1.93 bits per heavy atom. The lowest BCUT2D eigenvalue weighted by Crippen LogP contribution is -2.36. The monoisotopic (exact) mass is 416 g/mol. The van der Waals surface area contributed by atoms with Crippen LogP contribution < -0.4 is 10.2 Å². The number of carbonyl (C=O) groups excluding carboxylic acids is 2. The van der Waals surface area contributed by atoms with Crippen LogP contribution in [-0.2, 0) is 20.7 Å². The number of morpholine rings is 1. The molecule has 6 nitrogen and oxygen atoms in total. The molecule has 1 aliphatic heterocycles. The minimum Gasteiger partial charge on any atom is -0.448 e. The van der Waals surface area contributed by atoms with Gasteiger partial charge in [-0.1, -0.05) is 13.3 Å². The van der Waals surface area contributed by atoms with Crippen molar-refractivity contribution < 1.29 is 19.1 Å². The average molecular weight is 417 g/mol. The van der Waals surface area contributed by atoms with Crippen LogP contribution in [0.15, 0.2) is 30.3 Å². The zero-order valence-corrected chi connectivity index (χ0v) is 18.0. The molecule has 29 heavy (non-hydrogen) atoms. The maximum absolute atomic E-state index is 12.4. The summed E-state index contributed by atoms with van der Waals surface area (Å²) in [5.41, 5.74) is 2.94. The normalized spacial score (nSPS) is 15.1. The predicted molar refractivity (Wildman–Crippen MR) is 116 cm³/mol. The molecular formula is C22H28N2O4S. The van der Waals surface area contributed by atoms with Crippen LogP contribution in [0.2, 0.25) is 0 Å². The topological polar surface area (TPSA) is 67.9 Å². The molecule has 0 saturated carbocycles. The summed E-state index contributed by atoms with van der Waals surface area (Å²) in [5.74, 6) is -0.801. The van der Waals surface area contributed by atoms with Gasteiger partial charge in [-0.3, -0.25) is 4.79 Å². The summed E-state index contributed by atoms with van der Waals surface area (Å²) in [6, 6.07) is 9.54. The van der Waals surface area contributed by atoms with Crippen molar-refractivity contribution in [2.45, 2.75) is 39.7 Å². The number of esters is 1. The lowest BCUT2D eigenvalue weighted by molar-refractivity contribution is -0.123. The van der Waals surface area contributed by atoms with Gasteiger partial charge < -0.3 is 19.7 Å². The van der Waals surface area contributed by atoms with E-state index in [-0.39, 0.29) is 5.91 Å². The van der Waals surface area contributed by atoms with Crippen molar-refractivity contribution in [3.05, 3.63) is 45.6 Å². The molecule has 156 valence electrons. The number of ether oxygens (including phenoxy) is 2. The van der Waals surface area contributed by atoms with Gasteiger partial charge in [0.05, 0.1) is 13.2 Å². The zero-order valence-electron chi connectivity index (χ0n) is 17.2. The first-order valence-corrected chi connectivity index (χ1v) is 10.8. The molecule has 1 aromatic carbocycles. The SMILES string of the molecule is CCCc1cc(C(=O)O[C@H](C)C(=O)Nc2ccc(N3CCOCC3)cc2)sc1C. The number of nitrogens with zero attached hydrogens (tertiary/aromatic N) is 1. The van der Waals surface area contributed by atoms with E-state index >= 15 is 0 Å². The highest BCUT2D eigenvalue weighted by molar-refractivity contribution is 7.14. The highest BCUT2D eigenvalue weighted by atomic mass is 32.1. The van der Waals surface area contributed by atoms with Gasteiger partial charge in [-0.2, -0.15) is 0 Å². The second-order valence-electron chi connectivity index (χ2n) is 7.13. The van der Waals surface area contributed by atoms with Crippen molar-refractivity contribution in [1.82, 2.24) is 0 Å². The second kappa shape index (κ2) is 9.89. The van der Waals surface area contributed by atoms with Crippen molar-refractivity contribution in [1.29, 1.82) is 0 Å². The third-order valence-corrected chi connectivity index (χ3v) is 5.98. The van der Waals surface area contributed by atoms with E-state index in [0.717, 1.165) is 49.7 Å². The number of amides is 1. The van der Waals surface area contributed by atoms with Crippen molar-refractivity contribution in [3.63, 3.8) is 0 Å². The Kier molecular flexibility index (Phi) is 7.28. The van der Waals surface area contributed by atoms with Crippen LogP contribution in [0.3, 0.4) is 0 Å². The fraction of sp³-hybridized carbons (Fsp3) is 0.455. The van der Waals surface area contributed by atoms with Crippen molar-refractivity contribution in [2.24, 2.45) is 0 Å². The molecule has 3 rings (SSSR count). The lowest BCUT2D eigenvalue weighted by Gasteiger charge is -2.28. The Morgan fingerprint density at radius 3 is 2.59 bits per heavy atom. The van der Waals surface area contributed by atoms with Crippen LogP contribution in [0, 0.1) is 6.92 Å². The Bertz CT molecular complexity index is 841. The van der Waals surface area contributed by atoms with Gasteiger partial charge in [0, 0.05) is 29.3 Å². The molecule has 1 amide bonds. The second-order valence-corrected chi connectivity index (χ2v) is 8.38. The fourth-order valence-electron chi connectivity index (χ4n) is 3.23. The molecule has 1 fully saturated rings. The first kappa shape index (κ1) is 21.3. The summed E-state index contributed by atoms with van der Waals surface area (Å²) < 4.78 is 10.7. The van der Waals surface area contributed by atoms with Gasteiger partial charge in [0.2, 0.25) is 0 Å². The summed E-state index contributed by atoms with van der Waals surface area (Å²) in [5, 5.41) is 2.81. The molecular weight excluding hydrogens is 388 g/mol. The maximum Gasteiger partial charge on any atom is 0.349 e. The number of nitrogens with one attached hydrogen (secondary N) is 1. The Labute approximate surface area is 175 Å². The molecule has 0 aliphatic carbocycles. The van der Waals surface area contributed by atoms with Crippen molar-refractivity contribution in [2.75, 3.05) is 36.5 Å². The Hall–Kier alpha value is -2.38. The molecule has 7 heteroatoms. The molecule has 0 bridgehead atoms. The number of anilines is 2. The number of benzene rings is 1. The standard InChI is InChI=1S/C22H28N2O4S/c1-4-5-17-14-20(29-16(17)3)22(26)28-15(2)21(25)23-18-6-8-19(9-7-18)24-10-12-27-13-11-24/h6-9,14-15H,4-5,10-13H2,1-3H3,(H,23,25)/t15-/m1/s1. The summed E-state index contributed by atoms with van der Waals surface area (Å²) in [4.78, 5) is 28.7. The van der Waals surface area contributed by atoms with Gasteiger partial charge in [-0.05, 0) is 56.2 Å². The van der Waals surface area contributed by atoms with E-state index in [4.69, 9.17) is 9.47 Å². The van der Waals surface area contributed by atoms with E-state index in [9.17, 15) is 9.59 Å². The molecule has 1 atom stereocenters. The number of hydrogen-bond acceptors (Lipinski definition) is 6. The molecule has 2 heterocycles. The van der Waals surface area contributed by atoms with Crippen LogP contribution in [0.1, 0.15) is 40.4 Å². The van der Waals surface area contributed by atoms with Gasteiger partial charge >= 0.3 is 5.97 Å². The number of aryl methyl sites for hydroxylation is 2. The fourth-order valence-corrected chi connectivity index (χ4v) is 4.19. The number of thiophene rings is 1. The Morgan fingerprint density at radius 1 is 1.24 bits per heavy atom. The molecule has 0 radical (unpaired) electrons. The minimum atomic E-state index is -0.876. The van der Waals surface area contributed by atoms with E-state index in [0.29, 0.717) is 10.6 Å². The third-order valence-electron chi connectivity index (χ3n) is 4.91. The van der Waals surface area contributed by atoms with Gasteiger partial charge in [0.25, 0.3) is 5.91 Å². The molecule has 0 spiro atoms. The lowest BCUT2D eigenvalue weighted by atomic mass is 10.1. The van der Waals surface area contributed by atoms with Gasteiger partial charge in [-0.15, -0.1) is 11.3 Å². The van der Waals surface area contributed by atoms with E-state index in [1.54, 1.807) is 6.92 Å². The van der Waals surface area contributed by atoms with Gasteiger partial charge in [0.15, 0.2) is 6.10 Å². The van der Waals surface area contributed by atoms with Crippen LogP contribution in [0.4, 0.5) is 11.4 Å². The van der Waals surface area contributed by atoms with E-state index in [1.807, 2.05) is 37.3 Å². The van der Waals surface area contributed by atoms with Crippen LogP contribution >= 0.6 is 11.3 Å². The quantitative estimate of drug-likeness (QED) is 0.690. The number of rotatable bonds is 7. The van der Waals surface area contributed by atoms with E-state index in [2.05, 4.69) is 17.1 Å². The third kappa shape index (κ3) is 5.58. The highest BCUT2D eigenvalue weighted by Gasteiger charge is 2.21. The molecule has 1 saturated heterocycles. The molecule has 1 aromatic heterocycles. The number of hydrogen-bond donors (Lipinski definition) is 1. The van der Waals surface area contributed by atoms with Crippen LogP contribution in [0.5, 0.6) is 0 Å². The van der Waals surface area contributed by atoms with E-state index < -0.39 is 12.1 Å². The van der Waals surface area contributed by atoms with Crippen LogP contribution in [0.25, 0.3) is 0 Å². The van der Waals surface area contributed by atoms with E-state index in [1.165, 1.54) is 16.9 Å². The largest absolute Gasteiger partial charge is 0.448 e. The van der Waals surface area contributed by atoms with Crippen molar-refractivity contribution >= 4 is 34.6 Å². The first-order valence-electron chi connectivity index (χ1n) is 10.0. The summed E-state index contributed by atoms with van der Waals surface area (Å²) in [6.07, 6.45) is 1.08. The van der Waals surface area contributed by atoms with Crippen molar-refractivity contribution in [3.8, 4) is 0 Å². The minimum absolute atomic E-state index is 0.348. The molecule has 0 unspecified atom stereocenters. The predicted octanol–water partition coefficient (Wildman–Crippen LogP) is 4.03. The summed E-state index contributed by atoms with van der Waals surface area (Å²) in [6.45, 7) is 8.87. The average Bonchev–Trinajstić information content (AvgIpc) is 3.10. The molecule has 1 N–H and O–H groups in total. The zero-order chi connectivity index (χ0) is 20.8. The molecule has 2 aromatic rings. The van der Waals surface area contributed by atoms with Gasteiger partial charge in [-0.25, -0.2) is 4.79 Å². The molecule has 1 aliphatic rings. The Balaban J connectivity index is 1.54. The van der Waals surface area contributed by atoms with Gasteiger partial charge in [0.1, 0.15) is 4.88 Å². The number of carbonyl (C=O) groups is 2. The summed E-state index contributed by atoms with van der Waals surface area (Å²) >= 11 is 1.42. The van der Waals surface area contributed by atoms with Crippen LogP contribution in [-0.4, -0.2) is 44.3 Å². The highest BCUT2D eigenvalue weighted by Crippen LogP contribution is 2.24.